The minimum absolute atomic E-state index is 0.252. The first kappa shape index (κ1) is 16.7. The van der Waals surface area contributed by atoms with Gasteiger partial charge in [0.25, 0.3) is 0 Å². The van der Waals surface area contributed by atoms with E-state index in [9.17, 15) is 0 Å². The molecule has 8 heteroatoms. The number of nitrogens with one attached hydrogen (secondary N) is 3. The third-order valence-corrected chi connectivity index (χ3v) is 3.27. The lowest BCUT2D eigenvalue weighted by molar-refractivity contribution is -0.906. The average molecular weight is 311 g/mol. The van der Waals surface area contributed by atoms with E-state index in [2.05, 4.69) is 25.6 Å². The van der Waals surface area contributed by atoms with Gasteiger partial charge in [-0.05, 0) is 20.8 Å². The van der Waals surface area contributed by atoms with Gasteiger partial charge in [0.1, 0.15) is 13.1 Å². The van der Waals surface area contributed by atoms with Crippen molar-refractivity contribution in [3.63, 3.8) is 0 Å². The molecule has 22 heavy (non-hydrogen) atoms. The first-order chi connectivity index (χ1) is 10.7. The van der Waals surface area contributed by atoms with Gasteiger partial charge in [-0.3, -0.25) is 0 Å². The Labute approximate surface area is 131 Å². The molecule has 0 radical (unpaired) electrons. The summed E-state index contributed by atoms with van der Waals surface area (Å²) in [4.78, 5) is 14.4. The van der Waals surface area contributed by atoms with Crippen LogP contribution in [0.5, 0.6) is 6.01 Å². The van der Waals surface area contributed by atoms with Gasteiger partial charge < -0.3 is 25.0 Å². The molecule has 2 heterocycles. The van der Waals surface area contributed by atoms with Gasteiger partial charge in [-0.25, -0.2) is 0 Å². The van der Waals surface area contributed by atoms with Crippen LogP contribution in [-0.4, -0.2) is 67.0 Å². The second-order valence-electron chi connectivity index (χ2n) is 5.54. The molecular formula is C14H27N6O2+. The standard InChI is InChI=1S/C14H26N6O2/c1-4-22-14-18-12(17-13(19-14)16-11(2)3)15-5-6-20-7-9-21-10-8-20/h11H,4-10H2,1-3H3,(H2,15,16,17,18,19)/p+1. The number of nitrogens with zero attached hydrogens (tertiary/aromatic N) is 3. The van der Waals surface area contributed by atoms with E-state index < -0.39 is 0 Å². The number of aromatic nitrogens is 3. The van der Waals surface area contributed by atoms with Gasteiger partial charge in [0, 0.05) is 6.04 Å². The molecule has 0 saturated carbocycles. The molecule has 1 aliphatic heterocycles. The molecule has 1 aromatic heterocycles. The summed E-state index contributed by atoms with van der Waals surface area (Å²) in [5, 5.41) is 6.44. The summed E-state index contributed by atoms with van der Waals surface area (Å²) in [5.41, 5.74) is 0. The summed E-state index contributed by atoms with van der Waals surface area (Å²) in [6.45, 7) is 12.2. The fraction of sp³-hybridized carbons (Fsp3) is 0.786. The maximum absolute atomic E-state index is 5.40. The van der Waals surface area contributed by atoms with Crippen LogP contribution in [0.1, 0.15) is 20.8 Å². The molecule has 1 saturated heterocycles. The number of quaternary nitrogens is 1. The van der Waals surface area contributed by atoms with Gasteiger partial charge in [-0.1, -0.05) is 0 Å². The Kier molecular flexibility index (Phi) is 6.60. The topological polar surface area (TPSA) is 85.6 Å². The Hall–Kier alpha value is -1.67. The smallest absolute Gasteiger partial charge is 0.323 e. The summed E-state index contributed by atoms with van der Waals surface area (Å²) in [5.74, 6) is 1.09. The number of ether oxygens (including phenoxy) is 2. The molecular weight excluding hydrogens is 284 g/mol. The third-order valence-electron chi connectivity index (χ3n) is 3.27. The zero-order chi connectivity index (χ0) is 15.8. The first-order valence-electron chi connectivity index (χ1n) is 7.98. The summed E-state index contributed by atoms with van der Waals surface area (Å²) in [6.07, 6.45) is 0. The maximum Gasteiger partial charge on any atom is 0.323 e. The lowest BCUT2D eigenvalue weighted by Crippen LogP contribution is -3.14. The van der Waals surface area contributed by atoms with E-state index in [1.54, 1.807) is 4.90 Å². The molecule has 0 bridgehead atoms. The lowest BCUT2D eigenvalue weighted by Gasteiger charge is -2.23. The Bertz CT molecular complexity index is 451. The van der Waals surface area contributed by atoms with E-state index in [0.29, 0.717) is 24.5 Å². The number of morpholine rings is 1. The molecule has 0 unspecified atom stereocenters. The van der Waals surface area contributed by atoms with Crippen LogP contribution >= 0.6 is 0 Å². The molecule has 3 N–H and O–H groups in total. The van der Waals surface area contributed by atoms with Crippen molar-refractivity contribution in [1.29, 1.82) is 0 Å². The van der Waals surface area contributed by atoms with Crippen molar-refractivity contribution in [1.82, 2.24) is 15.0 Å². The molecule has 8 nitrogen and oxygen atoms in total. The van der Waals surface area contributed by atoms with Gasteiger partial charge in [0.2, 0.25) is 11.9 Å². The molecule has 0 spiro atoms. The lowest BCUT2D eigenvalue weighted by atomic mass is 10.4. The van der Waals surface area contributed by atoms with Crippen molar-refractivity contribution >= 4 is 11.9 Å². The zero-order valence-corrected chi connectivity index (χ0v) is 13.7. The summed E-state index contributed by atoms with van der Waals surface area (Å²) < 4.78 is 10.8. The fourth-order valence-electron chi connectivity index (χ4n) is 2.21. The molecule has 0 atom stereocenters. The summed E-state index contributed by atoms with van der Waals surface area (Å²) in [6, 6.07) is 0.601. The third kappa shape index (κ3) is 5.61. The highest BCUT2D eigenvalue weighted by Gasteiger charge is 2.14. The van der Waals surface area contributed by atoms with Gasteiger partial charge in [0.15, 0.2) is 0 Å². The number of hydrogen-bond acceptors (Lipinski definition) is 7. The molecule has 0 aliphatic carbocycles. The van der Waals surface area contributed by atoms with Crippen LogP contribution in [0.25, 0.3) is 0 Å². The van der Waals surface area contributed by atoms with Crippen LogP contribution in [0.15, 0.2) is 0 Å². The maximum atomic E-state index is 5.40. The Morgan fingerprint density at radius 1 is 1.18 bits per heavy atom. The monoisotopic (exact) mass is 311 g/mol. The SMILES string of the molecule is CCOc1nc(NCC[NH+]2CCOCC2)nc(NC(C)C)n1. The minimum atomic E-state index is 0.252. The summed E-state index contributed by atoms with van der Waals surface area (Å²) >= 11 is 0. The highest BCUT2D eigenvalue weighted by atomic mass is 16.5. The Balaban J connectivity index is 1.91. The number of rotatable bonds is 8. The normalized spacial score (nSPS) is 15.8. The quantitative estimate of drug-likeness (QED) is 0.592. The van der Waals surface area contributed by atoms with E-state index >= 15 is 0 Å². The first-order valence-corrected chi connectivity index (χ1v) is 7.98. The van der Waals surface area contributed by atoms with Crippen LogP contribution in [-0.2, 0) is 4.74 Å². The van der Waals surface area contributed by atoms with Crippen molar-refractivity contribution in [2.24, 2.45) is 0 Å². The largest absolute Gasteiger partial charge is 0.464 e. The van der Waals surface area contributed by atoms with Crippen molar-refractivity contribution in [2.75, 3.05) is 56.6 Å². The van der Waals surface area contributed by atoms with Gasteiger partial charge >= 0.3 is 6.01 Å². The van der Waals surface area contributed by atoms with E-state index in [-0.39, 0.29) is 6.04 Å². The van der Waals surface area contributed by atoms with Gasteiger partial charge in [-0.15, -0.1) is 0 Å². The van der Waals surface area contributed by atoms with E-state index in [1.165, 1.54) is 0 Å². The molecule has 124 valence electrons. The molecule has 0 aromatic carbocycles. The number of anilines is 2. The predicted molar refractivity (Wildman–Crippen MR) is 84.6 cm³/mol. The molecule has 1 aromatic rings. The Morgan fingerprint density at radius 2 is 1.91 bits per heavy atom. The Morgan fingerprint density at radius 3 is 2.59 bits per heavy atom. The van der Waals surface area contributed by atoms with Crippen LogP contribution in [0.3, 0.4) is 0 Å². The second-order valence-corrected chi connectivity index (χ2v) is 5.54. The van der Waals surface area contributed by atoms with Crippen molar-refractivity contribution in [2.45, 2.75) is 26.8 Å². The molecule has 1 aliphatic rings. The molecule has 0 amide bonds. The predicted octanol–water partition coefficient (Wildman–Crippen LogP) is -0.582. The van der Waals surface area contributed by atoms with Crippen LogP contribution in [0.2, 0.25) is 0 Å². The van der Waals surface area contributed by atoms with Crippen molar-refractivity contribution < 1.29 is 14.4 Å². The second kappa shape index (κ2) is 8.70. The highest BCUT2D eigenvalue weighted by Crippen LogP contribution is 2.11. The highest BCUT2D eigenvalue weighted by molar-refractivity contribution is 5.36. The zero-order valence-electron chi connectivity index (χ0n) is 13.7. The molecule has 2 rings (SSSR count). The number of hydrogen-bond donors (Lipinski definition) is 3. The van der Waals surface area contributed by atoms with Crippen molar-refractivity contribution in [3.05, 3.63) is 0 Å². The fourth-order valence-corrected chi connectivity index (χ4v) is 2.21. The van der Waals surface area contributed by atoms with Crippen LogP contribution < -0.4 is 20.3 Å². The van der Waals surface area contributed by atoms with E-state index in [4.69, 9.17) is 9.47 Å². The minimum Gasteiger partial charge on any atom is -0.464 e. The average Bonchev–Trinajstić information content (AvgIpc) is 2.48. The van der Waals surface area contributed by atoms with Crippen molar-refractivity contribution in [3.8, 4) is 6.01 Å². The van der Waals surface area contributed by atoms with E-state index in [0.717, 1.165) is 39.4 Å². The summed E-state index contributed by atoms with van der Waals surface area (Å²) in [7, 11) is 0. The van der Waals surface area contributed by atoms with Crippen LogP contribution in [0, 0.1) is 0 Å². The van der Waals surface area contributed by atoms with Gasteiger partial charge in [0.05, 0.1) is 32.9 Å². The molecule has 1 fully saturated rings. The van der Waals surface area contributed by atoms with Gasteiger partial charge in [-0.2, -0.15) is 15.0 Å². The van der Waals surface area contributed by atoms with Crippen LogP contribution in [0.4, 0.5) is 11.9 Å². The van der Waals surface area contributed by atoms with E-state index in [1.807, 2.05) is 20.8 Å².